The fourth-order valence-corrected chi connectivity index (χ4v) is 5.87. The number of alkyl halides is 6. The number of carbonyl (C=O) groups is 1. The molecule has 3 aromatic heterocycles. The molecule has 0 aliphatic carbocycles. The van der Waals surface area contributed by atoms with Crippen LogP contribution in [0.3, 0.4) is 0 Å². The van der Waals surface area contributed by atoms with Crippen molar-refractivity contribution in [3.63, 3.8) is 0 Å². The minimum atomic E-state index is -4.22. The number of carbonyl (C=O) groups excluding carboxylic acids is 1. The summed E-state index contributed by atoms with van der Waals surface area (Å²) in [5, 5.41) is 11.8. The molecule has 11 nitrogen and oxygen atoms in total. The van der Waals surface area contributed by atoms with E-state index < -0.39 is 41.8 Å². The van der Waals surface area contributed by atoms with Crippen LogP contribution in [0.4, 0.5) is 26.3 Å². The molecule has 0 radical (unpaired) electrons. The molecule has 0 aliphatic heterocycles. The van der Waals surface area contributed by atoms with Crippen molar-refractivity contribution in [1.29, 1.82) is 0 Å². The molecule has 3 aromatic rings. The van der Waals surface area contributed by atoms with E-state index in [0.717, 1.165) is 11.1 Å². The van der Waals surface area contributed by atoms with Gasteiger partial charge in [0.05, 0.1) is 44.0 Å². The molecule has 0 aliphatic rings. The molecule has 336 valence electrons. The number of hydrogen-bond acceptors (Lipinski definition) is 10. The summed E-state index contributed by atoms with van der Waals surface area (Å²) in [5.74, 6) is 4.49. The Bertz CT molecular complexity index is 1690. The Morgan fingerprint density at radius 1 is 0.831 bits per heavy atom. The van der Waals surface area contributed by atoms with Crippen molar-refractivity contribution in [2.45, 2.75) is 130 Å². The van der Waals surface area contributed by atoms with Gasteiger partial charge in [0.15, 0.2) is 16.6 Å². The SMILES string of the molecule is CC(C)(C)[Si](C)(C)OCc1cccnc1-c1ccnn1CCC(F)(F)F.CCO.CN(C)/C=C/C(=O)c1ncccc1CO[Si](C)(C)C(C)(C)C.NNCCC(F)(F)F. The summed E-state index contributed by atoms with van der Waals surface area (Å²) in [7, 11) is -0.0379. The molecular formula is C40H67F6N7O4Si2. The third kappa shape index (κ3) is 22.1. The summed E-state index contributed by atoms with van der Waals surface area (Å²) >= 11 is 0. The van der Waals surface area contributed by atoms with Gasteiger partial charge in [0.1, 0.15) is 5.69 Å². The number of aromatic nitrogens is 4. The smallest absolute Gasteiger partial charge is 0.390 e. The Balaban J connectivity index is 0.000000920. The topological polar surface area (TPSA) is 141 Å². The first-order valence-corrected chi connectivity index (χ1v) is 25.0. The van der Waals surface area contributed by atoms with Crippen LogP contribution in [0.15, 0.2) is 61.2 Å². The third-order valence-electron chi connectivity index (χ3n) is 9.45. The third-order valence-corrected chi connectivity index (χ3v) is 18.4. The minimum absolute atomic E-state index is 0.0733. The second kappa shape index (κ2) is 24.7. The zero-order valence-electron chi connectivity index (χ0n) is 37.0. The van der Waals surface area contributed by atoms with Crippen LogP contribution >= 0.6 is 0 Å². The first kappa shape index (κ1) is 55.5. The summed E-state index contributed by atoms with van der Waals surface area (Å²) in [6, 6.07) is 9.16. The lowest BCUT2D eigenvalue weighted by Gasteiger charge is -2.36. The first-order valence-electron chi connectivity index (χ1n) is 19.2. The highest BCUT2D eigenvalue weighted by atomic mass is 28.4. The maximum atomic E-state index is 12.6. The molecule has 59 heavy (non-hydrogen) atoms. The van der Waals surface area contributed by atoms with Gasteiger partial charge in [-0.05, 0) is 61.4 Å². The van der Waals surface area contributed by atoms with Crippen molar-refractivity contribution in [2.75, 3.05) is 27.2 Å². The Morgan fingerprint density at radius 3 is 1.75 bits per heavy atom. The van der Waals surface area contributed by atoms with Crippen LogP contribution in [0.5, 0.6) is 0 Å². The van der Waals surface area contributed by atoms with Crippen LogP contribution in [0.2, 0.25) is 36.3 Å². The minimum Gasteiger partial charge on any atom is -0.412 e. The average Bonchev–Trinajstić information content (AvgIpc) is 3.59. The summed E-state index contributed by atoms with van der Waals surface area (Å²) in [6.45, 7) is 24.1. The lowest BCUT2D eigenvalue weighted by atomic mass is 10.1. The molecule has 0 spiro atoms. The molecule has 4 N–H and O–H groups in total. The van der Waals surface area contributed by atoms with Crippen LogP contribution in [0, 0.1) is 0 Å². The normalized spacial score (nSPS) is 12.5. The molecule has 0 saturated heterocycles. The van der Waals surface area contributed by atoms with E-state index in [1.54, 1.807) is 31.6 Å². The van der Waals surface area contributed by atoms with E-state index in [0.29, 0.717) is 30.3 Å². The Hall–Kier alpha value is -3.47. The predicted octanol–water partition coefficient (Wildman–Crippen LogP) is 9.68. The van der Waals surface area contributed by atoms with Gasteiger partial charge in [-0.3, -0.25) is 30.7 Å². The molecule has 3 rings (SSSR count). The predicted molar refractivity (Wildman–Crippen MR) is 227 cm³/mol. The van der Waals surface area contributed by atoms with Crippen molar-refractivity contribution < 1.29 is 45.1 Å². The second-order valence-corrected chi connectivity index (χ2v) is 26.3. The molecule has 0 atom stereocenters. The Morgan fingerprint density at radius 2 is 1.31 bits per heavy atom. The molecule has 0 aromatic carbocycles. The molecule has 0 fully saturated rings. The summed E-state index contributed by atoms with van der Waals surface area (Å²) in [4.78, 5) is 22.7. The molecule has 0 unspecified atom stereocenters. The van der Waals surface area contributed by atoms with E-state index in [9.17, 15) is 31.1 Å². The maximum Gasteiger partial charge on any atom is 0.390 e. The van der Waals surface area contributed by atoms with Crippen molar-refractivity contribution in [3.8, 4) is 11.4 Å². The number of hydrazine groups is 1. The number of pyridine rings is 2. The molecular weight excluding hydrogens is 813 g/mol. The Labute approximate surface area is 349 Å². The molecule has 3 heterocycles. The zero-order valence-corrected chi connectivity index (χ0v) is 39.0. The number of nitrogens with two attached hydrogens (primary N) is 1. The Kier molecular flexibility index (Phi) is 23.3. The van der Waals surface area contributed by atoms with Gasteiger partial charge in [-0.2, -0.15) is 31.4 Å². The molecule has 0 bridgehead atoms. The fraction of sp³-hybridized carbons (Fsp3) is 0.600. The van der Waals surface area contributed by atoms with Crippen LogP contribution in [0.25, 0.3) is 11.4 Å². The van der Waals surface area contributed by atoms with Gasteiger partial charge < -0.3 is 18.9 Å². The zero-order chi connectivity index (χ0) is 45.9. The fourth-order valence-electron chi connectivity index (χ4n) is 3.97. The highest BCUT2D eigenvalue weighted by molar-refractivity contribution is 6.74. The van der Waals surface area contributed by atoms with Gasteiger partial charge in [0, 0.05) is 69.2 Å². The van der Waals surface area contributed by atoms with Gasteiger partial charge >= 0.3 is 12.4 Å². The largest absolute Gasteiger partial charge is 0.412 e. The standard InChI is InChI=1S/C18H26F3N3OSi.C17H28N2O2Si.C3H7F3N2.C2H6O/c1-17(2,3)26(4,5)25-13-14-7-6-10-22-16(14)15-8-11-23-24(15)12-9-18(19,20)21;1-17(2,3)22(6,7)21-13-14-9-8-11-18-16(14)15(20)10-12-19(4)5;4-3(5,6)1-2-8-7;1-2-3/h6-8,10-11H,9,12-13H2,1-5H3;8-12H,13H2,1-7H3;8H,1-2,7H2;3H,2H2,1H3/b;12-10+;;. The van der Waals surface area contributed by atoms with Gasteiger partial charge in [0.25, 0.3) is 0 Å². The van der Waals surface area contributed by atoms with Gasteiger partial charge in [-0.15, -0.1) is 0 Å². The van der Waals surface area contributed by atoms with E-state index in [1.165, 1.54) is 17.0 Å². The van der Waals surface area contributed by atoms with E-state index in [2.05, 4.69) is 88.6 Å². The van der Waals surface area contributed by atoms with E-state index in [-0.39, 0.29) is 35.6 Å². The monoisotopic (exact) mass is 879 g/mol. The number of allylic oxidation sites excluding steroid dienone is 1. The number of halogens is 6. The lowest BCUT2D eigenvalue weighted by Crippen LogP contribution is -2.40. The van der Waals surface area contributed by atoms with Crippen LogP contribution in [-0.2, 0) is 28.6 Å². The summed E-state index contributed by atoms with van der Waals surface area (Å²) < 4.78 is 84.9. The highest BCUT2D eigenvalue weighted by Gasteiger charge is 2.38. The number of aliphatic hydroxyl groups is 1. The van der Waals surface area contributed by atoms with Crippen molar-refractivity contribution in [3.05, 3.63) is 78.0 Å². The van der Waals surface area contributed by atoms with E-state index >= 15 is 0 Å². The number of rotatable bonds is 14. The van der Waals surface area contributed by atoms with Crippen molar-refractivity contribution >= 4 is 22.4 Å². The second-order valence-electron chi connectivity index (χ2n) is 16.7. The quantitative estimate of drug-likeness (QED) is 0.0358. The van der Waals surface area contributed by atoms with Crippen LogP contribution in [0.1, 0.15) is 82.9 Å². The van der Waals surface area contributed by atoms with E-state index in [1.807, 2.05) is 48.7 Å². The van der Waals surface area contributed by atoms with Gasteiger partial charge in [-0.25, -0.2) is 0 Å². The van der Waals surface area contributed by atoms with E-state index in [4.69, 9.17) is 14.0 Å². The maximum absolute atomic E-state index is 12.6. The molecule has 19 heteroatoms. The van der Waals surface area contributed by atoms with Crippen molar-refractivity contribution in [1.82, 2.24) is 30.1 Å². The number of nitrogens with one attached hydrogen (secondary N) is 1. The number of nitrogens with zero attached hydrogens (tertiary/aromatic N) is 5. The lowest BCUT2D eigenvalue weighted by molar-refractivity contribution is -0.137. The van der Waals surface area contributed by atoms with Crippen LogP contribution < -0.4 is 11.3 Å². The number of aliphatic hydroxyl groups excluding tert-OH is 1. The van der Waals surface area contributed by atoms with Crippen LogP contribution in [-0.4, -0.2) is 91.8 Å². The summed E-state index contributed by atoms with van der Waals surface area (Å²) in [5.41, 5.74) is 5.27. The van der Waals surface area contributed by atoms with Gasteiger partial charge in [-0.1, -0.05) is 53.7 Å². The first-order chi connectivity index (χ1) is 26.9. The summed E-state index contributed by atoms with van der Waals surface area (Å²) in [6.07, 6.45) is -2.06. The number of hydrogen-bond donors (Lipinski definition) is 3. The highest BCUT2D eigenvalue weighted by Crippen LogP contribution is 2.38. The number of ketones is 1. The average molecular weight is 880 g/mol. The van der Waals surface area contributed by atoms with Gasteiger partial charge in [0.2, 0.25) is 5.78 Å². The molecule has 0 saturated carbocycles. The van der Waals surface area contributed by atoms with Crippen molar-refractivity contribution in [2.24, 2.45) is 5.84 Å². The number of aryl methyl sites for hydroxylation is 1. The molecule has 0 amide bonds.